The Bertz CT molecular complexity index is 3540. The molecule has 0 unspecified atom stereocenters. The molecule has 1 saturated carbocycles. The van der Waals surface area contributed by atoms with E-state index < -0.39 is 5.41 Å². The molecule has 0 bridgehead atoms. The Balaban J connectivity index is 1.03. The first-order valence-electron chi connectivity index (χ1n) is 26.5. The van der Waals surface area contributed by atoms with E-state index in [9.17, 15) is 0 Å². The van der Waals surface area contributed by atoms with E-state index in [1.54, 1.807) is 0 Å². The molecule has 1 spiro atoms. The minimum Gasteiger partial charge on any atom is -0.310 e. The van der Waals surface area contributed by atoms with Crippen LogP contribution in [0, 0.1) is 0 Å². The average Bonchev–Trinajstić information content (AvgIpc) is 4.13. The summed E-state index contributed by atoms with van der Waals surface area (Å²) in [6.45, 7) is 18.7. The molecule has 4 aliphatic carbocycles. The second-order valence-corrected chi connectivity index (χ2v) is 24.0. The lowest BCUT2D eigenvalue weighted by Crippen LogP contribution is -2.29. The average molecular weight is 932 g/mol. The van der Waals surface area contributed by atoms with E-state index in [1.807, 2.05) is 0 Å². The summed E-state index contributed by atoms with van der Waals surface area (Å²) >= 11 is 0. The fourth-order valence-electron chi connectivity index (χ4n) is 14.1. The van der Waals surface area contributed by atoms with Crippen LogP contribution in [0.4, 0.5) is 17.1 Å². The fraction of sp³-hybridized carbons (Fsp3) is 0.239. The topological polar surface area (TPSA) is 3.24 Å². The second kappa shape index (κ2) is 15.9. The quantitative estimate of drug-likeness (QED) is 0.161. The second-order valence-electron chi connectivity index (χ2n) is 24.0. The van der Waals surface area contributed by atoms with Crippen molar-refractivity contribution in [3.05, 3.63) is 256 Å². The Morgan fingerprint density at radius 2 is 0.792 bits per heavy atom. The highest BCUT2D eigenvalue weighted by Gasteiger charge is 2.48. The summed E-state index contributed by atoms with van der Waals surface area (Å²) in [5.41, 5.74) is 27.3. The number of fused-ring (bicyclic) bond motifs is 11. The van der Waals surface area contributed by atoms with E-state index in [-0.39, 0.29) is 21.7 Å². The Hall–Kier alpha value is -7.22. The molecule has 0 amide bonds. The summed E-state index contributed by atoms with van der Waals surface area (Å²) in [6.07, 6.45) is 4.90. The van der Waals surface area contributed by atoms with Crippen molar-refractivity contribution in [1.82, 2.24) is 0 Å². The molecule has 13 rings (SSSR count). The first-order valence-corrected chi connectivity index (χ1v) is 26.5. The first kappa shape index (κ1) is 44.7. The summed E-state index contributed by atoms with van der Waals surface area (Å²) in [4.78, 5) is 2.56. The Morgan fingerprint density at radius 1 is 0.361 bits per heavy atom. The van der Waals surface area contributed by atoms with Crippen LogP contribution in [0.1, 0.15) is 137 Å². The molecular weight excluding hydrogens is 867 g/mol. The van der Waals surface area contributed by atoms with Gasteiger partial charge in [0.1, 0.15) is 0 Å². The van der Waals surface area contributed by atoms with E-state index in [0.717, 1.165) is 11.4 Å². The van der Waals surface area contributed by atoms with Gasteiger partial charge in [-0.05, 0) is 160 Å². The van der Waals surface area contributed by atoms with Gasteiger partial charge in [-0.25, -0.2) is 0 Å². The molecule has 0 saturated heterocycles. The molecule has 1 heteroatoms. The largest absolute Gasteiger partial charge is 0.310 e. The minimum absolute atomic E-state index is 0.0326. The van der Waals surface area contributed by atoms with Crippen molar-refractivity contribution in [2.24, 2.45) is 0 Å². The number of hydrogen-bond acceptors (Lipinski definition) is 1. The lowest BCUT2D eigenvalue weighted by molar-refractivity contribution is 0.550. The predicted octanol–water partition coefficient (Wildman–Crippen LogP) is 18.9. The summed E-state index contributed by atoms with van der Waals surface area (Å²) in [6, 6.07) is 77.8. The number of anilines is 3. The SMILES string of the molecule is CC(C)(C)c1ccc(C2(c3ccc(C(C)(C)C)cc3)c3ccccc3-c3ccc(N(c4ccc(-c5cccc6c5C(C)(C)c5ccccc5-6)cc4)c4ccc5c(c4)C4(CCCC4)c4ccccc4-5)cc32)cc1. The molecule has 0 N–H and O–H groups in total. The number of benzene rings is 9. The predicted molar refractivity (Wildman–Crippen MR) is 304 cm³/mol. The van der Waals surface area contributed by atoms with E-state index in [1.165, 1.54) is 132 Å². The van der Waals surface area contributed by atoms with Crippen molar-refractivity contribution in [2.75, 3.05) is 4.90 Å². The molecular formula is C71H65N. The molecule has 354 valence electrons. The normalized spacial score (nSPS) is 16.2. The van der Waals surface area contributed by atoms with Crippen LogP contribution in [0.25, 0.3) is 44.5 Å². The van der Waals surface area contributed by atoms with Gasteiger partial charge in [0.15, 0.2) is 0 Å². The third-order valence-corrected chi connectivity index (χ3v) is 17.6. The summed E-state index contributed by atoms with van der Waals surface area (Å²) < 4.78 is 0. The molecule has 1 nitrogen and oxygen atoms in total. The molecule has 9 aromatic rings. The van der Waals surface area contributed by atoms with Gasteiger partial charge in [-0.1, -0.05) is 232 Å². The van der Waals surface area contributed by atoms with Crippen molar-refractivity contribution in [3.8, 4) is 44.5 Å². The number of rotatable bonds is 6. The van der Waals surface area contributed by atoms with Crippen molar-refractivity contribution in [1.29, 1.82) is 0 Å². The van der Waals surface area contributed by atoms with Crippen LogP contribution < -0.4 is 4.90 Å². The van der Waals surface area contributed by atoms with Gasteiger partial charge in [0.05, 0.1) is 5.41 Å². The maximum atomic E-state index is 2.57. The van der Waals surface area contributed by atoms with Gasteiger partial charge in [0, 0.05) is 27.9 Å². The Labute approximate surface area is 428 Å². The van der Waals surface area contributed by atoms with Crippen LogP contribution >= 0.6 is 0 Å². The maximum absolute atomic E-state index is 2.57. The highest BCUT2D eigenvalue weighted by Crippen LogP contribution is 2.60. The Kier molecular flexibility index (Phi) is 9.86. The van der Waals surface area contributed by atoms with Gasteiger partial charge in [-0.15, -0.1) is 0 Å². The van der Waals surface area contributed by atoms with Crippen LogP contribution in [0.3, 0.4) is 0 Å². The molecule has 9 aromatic carbocycles. The van der Waals surface area contributed by atoms with Gasteiger partial charge >= 0.3 is 0 Å². The molecule has 0 aromatic heterocycles. The van der Waals surface area contributed by atoms with Gasteiger partial charge in [-0.3, -0.25) is 0 Å². The van der Waals surface area contributed by atoms with E-state index >= 15 is 0 Å². The van der Waals surface area contributed by atoms with Crippen molar-refractivity contribution in [3.63, 3.8) is 0 Å². The third kappa shape index (κ3) is 6.45. The van der Waals surface area contributed by atoms with Crippen LogP contribution in [0.5, 0.6) is 0 Å². The van der Waals surface area contributed by atoms with Crippen molar-refractivity contribution >= 4 is 17.1 Å². The lowest BCUT2D eigenvalue weighted by atomic mass is 9.67. The lowest BCUT2D eigenvalue weighted by Gasteiger charge is -2.36. The zero-order valence-corrected chi connectivity index (χ0v) is 43.3. The smallest absolute Gasteiger partial charge is 0.0714 e. The summed E-state index contributed by atoms with van der Waals surface area (Å²) in [7, 11) is 0. The summed E-state index contributed by atoms with van der Waals surface area (Å²) in [5.74, 6) is 0. The number of hydrogen-bond donors (Lipinski definition) is 0. The molecule has 72 heavy (non-hydrogen) atoms. The fourth-order valence-corrected chi connectivity index (χ4v) is 14.1. The molecule has 0 aliphatic heterocycles. The monoisotopic (exact) mass is 932 g/mol. The first-order chi connectivity index (χ1) is 34.7. The van der Waals surface area contributed by atoms with Crippen LogP contribution in [0.2, 0.25) is 0 Å². The van der Waals surface area contributed by atoms with Gasteiger partial charge in [-0.2, -0.15) is 0 Å². The number of nitrogens with zero attached hydrogens (tertiary/aromatic N) is 1. The zero-order valence-electron chi connectivity index (χ0n) is 43.3. The van der Waals surface area contributed by atoms with E-state index in [4.69, 9.17) is 0 Å². The van der Waals surface area contributed by atoms with E-state index in [2.05, 4.69) is 260 Å². The van der Waals surface area contributed by atoms with Gasteiger partial charge in [0.25, 0.3) is 0 Å². The molecule has 0 heterocycles. The molecule has 4 aliphatic rings. The van der Waals surface area contributed by atoms with Crippen molar-refractivity contribution in [2.45, 2.75) is 108 Å². The highest BCUT2D eigenvalue weighted by atomic mass is 15.1. The van der Waals surface area contributed by atoms with Gasteiger partial charge < -0.3 is 4.90 Å². The molecule has 0 radical (unpaired) electrons. The highest BCUT2D eigenvalue weighted by molar-refractivity contribution is 5.92. The van der Waals surface area contributed by atoms with E-state index in [0.29, 0.717) is 0 Å². The van der Waals surface area contributed by atoms with Crippen LogP contribution in [-0.4, -0.2) is 0 Å². The molecule has 0 atom stereocenters. The maximum Gasteiger partial charge on any atom is 0.0714 e. The Morgan fingerprint density at radius 3 is 1.36 bits per heavy atom. The molecule has 1 fully saturated rings. The van der Waals surface area contributed by atoms with Crippen LogP contribution in [-0.2, 0) is 27.1 Å². The zero-order chi connectivity index (χ0) is 49.4. The third-order valence-electron chi connectivity index (χ3n) is 17.6. The van der Waals surface area contributed by atoms with Crippen LogP contribution in [0.15, 0.2) is 200 Å². The van der Waals surface area contributed by atoms with Crippen molar-refractivity contribution < 1.29 is 0 Å². The minimum atomic E-state index is -0.560. The standard InChI is InChI=1S/C71H65N/c1-67(2,3)47-28-32-49(33-29-47)71(50-34-30-48(31-35-50)68(4,5)6)63-25-14-11-19-56(63)59-41-39-53(45-65(59)71)72(52-38-40-58-55-18-10-13-24-62(55)70(64(58)44-52)42-15-16-43-70)51-36-26-46(27-37-51)54-21-17-22-60-57-20-9-12-23-61(57)69(7,8)66(54)60/h9-14,17-41,44-45H,15-16,42-43H2,1-8H3. The van der Waals surface area contributed by atoms with Gasteiger partial charge in [0.2, 0.25) is 0 Å². The summed E-state index contributed by atoms with van der Waals surface area (Å²) in [5, 5.41) is 0.